The summed E-state index contributed by atoms with van der Waals surface area (Å²) in [4.78, 5) is 47.6. The lowest BCUT2D eigenvalue weighted by atomic mass is 10.2. The molecule has 2 N–H and O–H groups in total. The lowest BCUT2D eigenvalue weighted by molar-refractivity contribution is -0.172. The molecule has 0 aliphatic heterocycles. The zero-order valence-corrected chi connectivity index (χ0v) is 10.4. The zero-order valence-electron chi connectivity index (χ0n) is 10.4. The van der Waals surface area contributed by atoms with Gasteiger partial charge in [-0.05, 0) is 12.1 Å². The van der Waals surface area contributed by atoms with Gasteiger partial charge in [-0.25, -0.2) is 4.98 Å². The number of pyridine rings is 1. The number of alkyl halides is 3. The second-order valence-electron chi connectivity index (χ2n) is 3.70. The molecule has 0 bridgehead atoms. The predicted molar refractivity (Wildman–Crippen MR) is 60.9 cm³/mol. The van der Waals surface area contributed by atoms with Crippen molar-refractivity contribution in [2.24, 2.45) is 0 Å². The number of amides is 4. The third-order valence-corrected chi connectivity index (χ3v) is 1.99. The Hall–Kier alpha value is -2.78. The number of hydrogen-bond donors (Lipinski definition) is 2. The van der Waals surface area contributed by atoms with Crippen LogP contribution in [0, 0.1) is 0 Å². The van der Waals surface area contributed by atoms with Crippen molar-refractivity contribution in [1.29, 1.82) is 0 Å². The van der Waals surface area contributed by atoms with Gasteiger partial charge in [0.15, 0.2) is 0 Å². The summed E-state index contributed by atoms with van der Waals surface area (Å²) >= 11 is 0. The van der Waals surface area contributed by atoms with Gasteiger partial charge in [0.25, 0.3) is 11.8 Å². The molecule has 1 heterocycles. The molecular weight excluding hydrogens is 295 g/mol. The largest absolute Gasteiger partial charge is 0.471 e. The van der Waals surface area contributed by atoms with Crippen LogP contribution in [0.4, 0.5) is 13.2 Å². The van der Waals surface area contributed by atoms with Gasteiger partial charge in [0.1, 0.15) is 11.4 Å². The molecule has 0 spiro atoms. The first-order valence-electron chi connectivity index (χ1n) is 5.32. The van der Waals surface area contributed by atoms with Crippen LogP contribution in [-0.4, -0.2) is 34.8 Å². The number of carbonyl (C=O) groups excluding carboxylic acids is 4. The van der Waals surface area contributed by atoms with Gasteiger partial charge in [-0.1, -0.05) is 6.07 Å². The summed E-state index contributed by atoms with van der Waals surface area (Å²) in [7, 11) is 0. The molecule has 1 rings (SSSR count). The van der Waals surface area contributed by atoms with Crippen molar-refractivity contribution < 1.29 is 32.3 Å². The number of rotatable bonds is 2. The first kappa shape index (κ1) is 16.3. The smallest absolute Gasteiger partial charge is 0.291 e. The molecule has 0 aliphatic rings. The fourth-order valence-corrected chi connectivity index (χ4v) is 1.15. The van der Waals surface area contributed by atoms with Crippen LogP contribution < -0.4 is 10.6 Å². The Morgan fingerprint density at radius 3 is 1.90 bits per heavy atom. The molecule has 1 aromatic rings. The molecule has 0 fully saturated rings. The summed E-state index contributed by atoms with van der Waals surface area (Å²) in [6.45, 7) is 1.07. The Labute approximate surface area is 115 Å². The van der Waals surface area contributed by atoms with Gasteiger partial charge in [0, 0.05) is 6.92 Å². The SMILES string of the molecule is CC(=O)NC(=O)c1cccc(C(=O)NC(=O)C(F)(F)F)n1. The van der Waals surface area contributed by atoms with Crippen LogP contribution in [0.15, 0.2) is 18.2 Å². The first-order chi connectivity index (χ1) is 9.61. The Morgan fingerprint density at radius 2 is 1.48 bits per heavy atom. The number of hydrogen-bond acceptors (Lipinski definition) is 5. The summed E-state index contributed by atoms with van der Waals surface area (Å²) in [6, 6.07) is 3.30. The lowest BCUT2D eigenvalue weighted by Crippen LogP contribution is -2.41. The van der Waals surface area contributed by atoms with E-state index in [9.17, 15) is 32.3 Å². The van der Waals surface area contributed by atoms with E-state index in [0.29, 0.717) is 0 Å². The molecule has 4 amide bonds. The Balaban J connectivity index is 2.90. The van der Waals surface area contributed by atoms with Crippen molar-refractivity contribution in [3.05, 3.63) is 29.6 Å². The topological polar surface area (TPSA) is 105 Å². The van der Waals surface area contributed by atoms with Gasteiger partial charge < -0.3 is 0 Å². The molecule has 0 radical (unpaired) electrons. The second-order valence-corrected chi connectivity index (χ2v) is 3.70. The van der Waals surface area contributed by atoms with Crippen molar-refractivity contribution in [2.75, 3.05) is 0 Å². The van der Waals surface area contributed by atoms with Crippen LogP contribution in [0.1, 0.15) is 27.9 Å². The summed E-state index contributed by atoms with van der Waals surface area (Å²) in [5, 5.41) is 2.95. The maximum Gasteiger partial charge on any atom is 0.471 e. The van der Waals surface area contributed by atoms with E-state index in [-0.39, 0.29) is 5.69 Å². The maximum absolute atomic E-state index is 12.0. The van der Waals surface area contributed by atoms with E-state index in [0.717, 1.165) is 30.4 Å². The lowest BCUT2D eigenvalue weighted by Gasteiger charge is -2.07. The van der Waals surface area contributed by atoms with Crippen molar-refractivity contribution >= 4 is 23.6 Å². The standard InChI is InChI=1S/C11H8F3N3O4/c1-5(18)15-8(19)6-3-2-4-7(16-6)9(20)17-10(21)11(12,13)14/h2-4H,1H3,(H,15,18,19)(H,17,20,21). The van der Waals surface area contributed by atoms with Crippen LogP contribution in [0.5, 0.6) is 0 Å². The van der Waals surface area contributed by atoms with E-state index in [2.05, 4.69) is 4.98 Å². The minimum absolute atomic E-state index is 0.364. The summed E-state index contributed by atoms with van der Waals surface area (Å²) < 4.78 is 36.0. The number of nitrogens with zero attached hydrogens (tertiary/aromatic N) is 1. The molecule has 21 heavy (non-hydrogen) atoms. The molecule has 0 unspecified atom stereocenters. The van der Waals surface area contributed by atoms with Crippen LogP contribution in [0.25, 0.3) is 0 Å². The fraction of sp³-hybridized carbons (Fsp3) is 0.182. The number of halogens is 3. The molecule has 10 heteroatoms. The van der Waals surface area contributed by atoms with Gasteiger partial charge in [0.05, 0.1) is 0 Å². The molecule has 0 aliphatic carbocycles. The number of carbonyl (C=O) groups is 4. The summed E-state index contributed by atoms with van der Waals surface area (Å²) in [6.07, 6.45) is -5.22. The van der Waals surface area contributed by atoms with Crippen LogP contribution in [0.3, 0.4) is 0 Å². The third kappa shape index (κ3) is 4.67. The van der Waals surface area contributed by atoms with Gasteiger partial charge in [-0.2, -0.15) is 13.2 Å². The van der Waals surface area contributed by atoms with Gasteiger partial charge in [-0.15, -0.1) is 0 Å². The van der Waals surface area contributed by atoms with Gasteiger partial charge in [0.2, 0.25) is 5.91 Å². The molecule has 0 aromatic carbocycles. The molecule has 0 saturated carbocycles. The van der Waals surface area contributed by atoms with E-state index in [4.69, 9.17) is 0 Å². The highest BCUT2D eigenvalue weighted by atomic mass is 19.4. The van der Waals surface area contributed by atoms with Crippen molar-refractivity contribution in [3.63, 3.8) is 0 Å². The second kappa shape index (κ2) is 6.11. The van der Waals surface area contributed by atoms with E-state index in [1.54, 1.807) is 0 Å². The molecular formula is C11H8F3N3O4. The summed E-state index contributed by atoms with van der Waals surface area (Å²) in [5.74, 6) is -5.48. The van der Waals surface area contributed by atoms with Crippen LogP contribution >= 0.6 is 0 Å². The van der Waals surface area contributed by atoms with Crippen LogP contribution in [-0.2, 0) is 9.59 Å². The molecule has 1 aromatic heterocycles. The number of nitrogens with one attached hydrogen (secondary N) is 2. The maximum atomic E-state index is 12.0. The van der Waals surface area contributed by atoms with Crippen molar-refractivity contribution in [2.45, 2.75) is 13.1 Å². The quantitative estimate of drug-likeness (QED) is 0.810. The van der Waals surface area contributed by atoms with Gasteiger partial charge >= 0.3 is 12.1 Å². The molecule has 7 nitrogen and oxygen atoms in total. The highest BCUT2D eigenvalue weighted by Gasteiger charge is 2.40. The van der Waals surface area contributed by atoms with Crippen molar-refractivity contribution in [3.8, 4) is 0 Å². The normalized spacial score (nSPS) is 10.7. The fourth-order valence-electron chi connectivity index (χ4n) is 1.15. The number of imide groups is 2. The molecule has 0 atom stereocenters. The third-order valence-electron chi connectivity index (χ3n) is 1.99. The Morgan fingerprint density at radius 1 is 1.00 bits per heavy atom. The van der Waals surface area contributed by atoms with E-state index in [1.165, 1.54) is 0 Å². The van der Waals surface area contributed by atoms with E-state index < -0.39 is 35.5 Å². The zero-order chi connectivity index (χ0) is 16.2. The monoisotopic (exact) mass is 303 g/mol. The highest BCUT2D eigenvalue weighted by molar-refractivity contribution is 6.06. The Kier molecular flexibility index (Phi) is 4.74. The van der Waals surface area contributed by atoms with Crippen LogP contribution in [0.2, 0.25) is 0 Å². The summed E-state index contributed by atoms with van der Waals surface area (Å²) in [5.41, 5.74) is -0.943. The average Bonchev–Trinajstić information content (AvgIpc) is 2.36. The first-order valence-corrected chi connectivity index (χ1v) is 5.32. The van der Waals surface area contributed by atoms with E-state index >= 15 is 0 Å². The minimum Gasteiger partial charge on any atom is -0.291 e. The molecule has 112 valence electrons. The van der Waals surface area contributed by atoms with Crippen molar-refractivity contribution in [1.82, 2.24) is 15.6 Å². The average molecular weight is 303 g/mol. The number of aromatic nitrogens is 1. The Bertz CT molecular complexity index is 613. The highest BCUT2D eigenvalue weighted by Crippen LogP contribution is 2.14. The minimum atomic E-state index is -5.22. The molecule has 0 saturated heterocycles. The predicted octanol–water partition coefficient (Wildman–Crippen LogP) is 0.177. The van der Waals surface area contributed by atoms with E-state index in [1.807, 2.05) is 5.32 Å². The van der Waals surface area contributed by atoms with Gasteiger partial charge in [-0.3, -0.25) is 29.8 Å².